The highest BCUT2D eigenvalue weighted by molar-refractivity contribution is 4.94. The van der Waals surface area contributed by atoms with E-state index in [0.717, 1.165) is 13.2 Å². The third kappa shape index (κ3) is 1.44. The third-order valence-electron chi connectivity index (χ3n) is 1.71. The highest BCUT2D eigenvalue weighted by atomic mass is 16.7. The smallest absolute Gasteiger partial charge is 0.0735 e. The molecule has 1 fully saturated rings. The molecule has 0 radical (unpaired) electrons. The summed E-state index contributed by atoms with van der Waals surface area (Å²) in [5.74, 6) is 3.53. The molecule has 0 spiro atoms. The van der Waals surface area contributed by atoms with E-state index in [1.807, 2.05) is 6.92 Å². The van der Waals surface area contributed by atoms with Crippen LogP contribution >= 0.6 is 0 Å². The molecule has 0 aliphatic carbocycles. The number of hydroxylamine groups is 1. The zero-order valence-corrected chi connectivity index (χ0v) is 5.55. The van der Waals surface area contributed by atoms with E-state index in [-0.39, 0.29) is 0 Å². The Morgan fingerprint density at radius 3 is 3.11 bits per heavy atom. The quantitative estimate of drug-likeness (QED) is 0.512. The number of hydrogen-bond acceptors (Lipinski definition) is 2. The van der Waals surface area contributed by atoms with Gasteiger partial charge in [-0.2, -0.15) is 0 Å². The molecular weight excluding hydrogens is 114 g/mol. The van der Waals surface area contributed by atoms with Crippen molar-refractivity contribution in [2.75, 3.05) is 13.2 Å². The molecule has 0 aromatic heterocycles. The Hall–Kier alpha value is -0.520. The standard InChI is InChI=1S/C7H11NO/c1-3-6(2)7-4-8-9-5-7/h1,6-8H,4-5H2,2H3/t6-,7?/m0/s1. The van der Waals surface area contributed by atoms with Crippen LogP contribution in [-0.2, 0) is 4.84 Å². The molecule has 2 atom stereocenters. The summed E-state index contributed by atoms with van der Waals surface area (Å²) in [6, 6.07) is 0. The lowest BCUT2D eigenvalue weighted by atomic mass is 9.97. The van der Waals surface area contributed by atoms with Crippen molar-refractivity contribution in [2.24, 2.45) is 11.8 Å². The number of hydrogen-bond donors (Lipinski definition) is 1. The maximum absolute atomic E-state index is 5.22. The van der Waals surface area contributed by atoms with Gasteiger partial charge in [0, 0.05) is 18.4 Å². The van der Waals surface area contributed by atoms with Gasteiger partial charge in [0.2, 0.25) is 0 Å². The molecule has 1 rings (SSSR count). The Morgan fingerprint density at radius 1 is 1.89 bits per heavy atom. The largest absolute Gasteiger partial charge is 0.301 e. The molecule has 2 nitrogen and oxygen atoms in total. The van der Waals surface area contributed by atoms with E-state index in [2.05, 4.69) is 11.4 Å². The van der Waals surface area contributed by atoms with Gasteiger partial charge in [0.05, 0.1) is 6.61 Å². The number of rotatable bonds is 1. The van der Waals surface area contributed by atoms with E-state index in [1.165, 1.54) is 0 Å². The summed E-state index contributed by atoms with van der Waals surface area (Å²) in [5, 5.41) is 0. The van der Waals surface area contributed by atoms with E-state index < -0.39 is 0 Å². The first-order valence-electron chi connectivity index (χ1n) is 3.15. The first-order valence-corrected chi connectivity index (χ1v) is 3.15. The monoisotopic (exact) mass is 125 g/mol. The number of nitrogens with one attached hydrogen (secondary N) is 1. The molecule has 1 aliphatic rings. The third-order valence-corrected chi connectivity index (χ3v) is 1.71. The topological polar surface area (TPSA) is 21.3 Å². The van der Waals surface area contributed by atoms with Crippen LogP contribution in [0.15, 0.2) is 0 Å². The van der Waals surface area contributed by atoms with Gasteiger partial charge in [-0.15, -0.1) is 12.3 Å². The van der Waals surface area contributed by atoms with E-state index in [0.29, 0.717) is 11.8 Å². The maximum Gasteiger partial charge on any atom is 0.0735 e. The van der Waals surface area contributed by atoms with E-state index in [9.17, 15) is 0 Å². The molecule has 0 bridgehead atoms. The minimum absolute atomic E-state index is 0.333. The van der Waals surface area contributed by atoms with Crippen LogP contribution in [0.5, 0.6) is 0 Å². The summed E-state index contributed by atoms with van der Waals surface area (Å²) < 4.78 is 0. The molecule has 2 heteroatoms. The second kappa shape index (κ2) is 2.86. The summed E-state index contributed by atoms with van der Waals surface area (Å²) in [7, 11) is 0. The van der Waals surface area contributed by atoms with Crippen molar-refractivity contribution < 1.29 is 4.84 Å². The van der Waals surface area contributed by atoms with Gasteiger partial charge in [-0.05, 0) is 0 Å². The zero-order chi connectivity index (χ0) is 6.69. The fraction of sp³-hybridized carbons (Fsp3) is 0.714. The average Bonchev–Trinajstić information content (AvgIpc) is 2.37. The van der Waals surface area contributed by atoms with E-state index in [4.69, 9.17) is 11.3 Å². The van der Waals surface area contributed by atoms with Crippen molar-refractivity contribution in [1.29, 1.82) is 0 Å². The van der Waals surface area contributed by atoms with Gasteiger partial charge in [-0.1, -0.05) is 6.92 Å². The molecule has 0 amide bonds. The summed E-state index contributed by atoms with van der Waals surface area (Å²) in [6.07, 6.45) is 5.22. The first-order chi connectivity index (χ1) is 4.34. The van der Waals surface area contributed by atoms with Crippen molar-refractivity contribution in [3.8, 4) is 12.3 Å². The zero-order valence-electron chi connectivity index (χ0n) is 5.55. The van der Waals surface area contributed by atoms with Crippen LogP contribution in [0.25, 0.3) is 0 Å². The van der Waals surface area contributed by atoms with Crippen LogP contribution in [0, 0.1) is 24.2 Å². The van der Waals surface area contributed by atoms with E-state index >= 15 is 0 Å². The van der Waals surface area contributed by atoms with Gasteiger partial charge in [-0.25, -0.2) is 5.48 Å². The molecule has 1 N–H and O–H groups in total. The van der Waals surface area contributed by atoms with Crippen LogP contribution in [0.3, 0.4) is 0 Å². The molecule has 0 saturated carbocycles. The molecule has 1 saturated heterocycles. The predicted octanol–water partition coefficient (Wildman–Crippen LogP) is 0.407. The van der Waals surface area contributed by atoms with Gasteiger partial charge in [-0.3, -0.25) is 0 Å². The van der Waals surface area contributed by atoms with Crippen molar-refractivity contribution in [3.05, 3.63) is 0 Å². The predicted molar refractivity (Wildman–Crippen MR) is 35.4 cm³/mol. The Labute approximate surface area is 55.5 Å². The average molecular weight is 125 g/mol. The fourth-order valence-corrected chi connectivity index (χ4v) is 0.848. The summed E-state index contributed by atoms with van der Waals surface area (Å²) >= 11 is 0. The van der Waals surface area contributed by atoms with Crippen LogP contribution < -0.4 is 5.48 Å². The highest BCUT2D eigenvalue weighted by Crippen LogP contribution is 2.12. The van der Waals surface area contributed by atoms with Crippen molar-refractivity contribution >= 4 is 0 Å². The lowest BCUT2D eigenvalue weighted by Crippen LogP contribution is -2.15. The lowest BCUT2D eigenvalue weighted by Gasteiger charge is -2.07. The van der Waals surface area contributed by atoms with Crippen molar-refractivity contribution in [2.45, 2.75) is 6.92 Å². The fourth-order valence-electron chi connectivity index (χ4n) is 0.848. The molecule has 1 unspecified atom stereocenters. The van der Waals surface area contributed by atoms with Gasteiger partial charge in [0.25, 0.3) is 0 Å². The van der Waals surface area contributed by atoms with E-state index in [1.54, 1.807) is 0 Å². The minimum Gasteiger partial charge on any atom is -0.301 e. The molecule has 0 aromatic carbocycles. The molecule has 0 aromatic rings. The Balaban J connectivity index is 2.34. The molecule has 1 heterocycles. The maximum atomic E-state index is 5.22. The summed E-state index contributed by atoms with van der Waals surface area (Å²) in [4.78, 5) is 4.93. The van der Waals surface area contributed by atoms with Crippen LogP contribution in [0.4, 0.5) is 0 Å². The Kier molecular flexibility index (Phi) is 2.10. The van der Waals surface area contributed by atoms with Crippen LogP contribution in [0.2, 0.25) is 0 Å². The van der Waals surface area contributed by atoms with Crippen LogP contribution in [-0.4, -0.2) is 13.2 Å². The minimum atomic E-state index is 0.333. The van der Waals surface area contributed by atoms with Gasteiger partial charge in [0.1, 0.15) is 0 Å². The molecule has 50 valence electrons. The lowest BCUT2D eigenvalue weighted by molar-refractivity contribution is 0.0951. The number of terminal acetylenes is 1. The Morgan fingerprint density at radius 2 is 2.67 bits per heavy atom. The van der Waals surface area contributed by atoms with Crippen molar-refractivity contribution in [3.63, 3.8) is 0 Å². The normalized spacial score (nSPS) is 29.6. The first kappa shape index (κ1) is 6.60. The Bertz CT molecular complexity index is 121. The van der Waals surface area contributed by atoms with Crippen LogP contribution in [0.1, 0.15) is 6.92 Å². The SMILES string of the molecule is C#C[C@H](C)C1CNOC1. The second-order valence-corrected chi connectivity index (χ2v) is 2.37. The molecular formula is C7H11NO. The summed E-state index contributed by atoms with van der Waals surface area (Å²) in [5.41, 5.74) is 2.79. The highest BCUT2D eigenvalue weighted by Gasteiger charge is 2.20. The summed E-state index contributed by atoms with van der Waals surface area (Å²) in [6.45, 7) is 3.69. The second-order valence-electron chi connectivity index (χ2n) is 2.37. The molecule has 1 aliphatic heterocycles. The van der Waals surface area contributed by atoms with Gasteiger partial charge in [0.15, 0.2) is 0 Å². The van der Waals surface area contributed by atoms with Crippen molar-refractivity contribution in [1.82, 2.24) is 5.48 Å². The molecule has 9 heavy (non-hydrogen) atoms. The van der Waals surface area contributed by atoms with Gasteiger partial charge < -0.3 is 4.84 Å². The van der Waals surface area contributed by atoms with Gasteiger partial charge >= 0.3 is 0 Å².